The first-order chi connectivity index (χ1) is 22.5. The number of aliphatic imine (C=N–C) groups is 1. The van der Waals surface area contributed by atoms with Crippen molar-refractivity contribution in [1.29, 1.82) is 0 Å². The zero-order valence-electron chi connectivity index (χ0n) is 28.4. The Bertz CT molecular complexity index is 1200. The number of carbonyl (C=O) groups excluding carboxylic acids is 4. The lowest BCUT2D eigenvalue weighted by molar-refractivity contribution is -0.161. The molecular weight excluding hydrogens is 682 g/mol. The summed E-state index contributed by atoms with van der Waals surface area (Å²) in [5.74, 6) is -1.12. The van der Waals surface area contributed by atoms with E-state index in [9.17, 15) is 19.2 Å². The molecule has 3 rings (SSSR count). The minimum atomic E-state index is -1.96. The van der Waals surface area contributed by atoms with Crippen molar-refractivity contribution in [2.24, 2.45) is 16.8 Å². The molecule has 5 N–H and O–H groups in total. The third-order valence-corrected chi connectivity index (χ3v) is 15.2. The van der Waals surface area contributed by atoms with E-state index in [0.29, 0.717) is 31.8 Å². The van der Waals surface area contributed by atoms with Gasteiger partial charge in [-0.2, -0.15) is 0 Å². The first kappa shape index (κ1) is 39.8. The van der Waals surface area contributed by atoms with E-state index >= 15 is 0 Å². The molecule has 47 heavy (non-hydrogen) atoms. The predicted molar refractivity (Wildman–Crippen MR) is 196 cm³/mol. The molecule has 0 aromatic carbocycles. The molecule has 0 aliphatic carbocycles. The Hall–Kier alpha value is -1.61. The van der Waals surface area contributed by atoms with Crippen LogP contribution in [0.15, 0.2) is 16.3 Å². The zero-order chi connectivity index (χ0) is 34.7. The van der Waals surface area contributed by atoms with Gasteiger partial charge in [0, 0.05) is 31.6 Å². The van der Waals surface area contributed by atoms with Gasteiger partial charge in [0.1, 0.15) is 32.6 Å². The van der Waals surface area contributed by atoms with Gasteiger partial charge in [0.25, 0.3) is 0 Å². The fourth-order valence-corrected chi connectivity index (χ4v) is 10.2. The molecule has 16 nitrogen and oxygen atoms in total. The van der Waals surface area contributed by atoms with Gasteiger partial charge < -0.3 is 43.2 Å². The third-order valence-electron chi connectivity index (χ3n) is 9.03. The number of β-lactam (4-membered cyclic amide) rings is 1. The first-order valence-electron chi connectivity index (χ1n) is 16.0. The van der Waals surface area contributed by atoms with Gasteiger partial charge in [-0.3, -0.25) is 15.0 Å². The van der Waals surface area contributed by atoms with E-state index in [-0.39, 0.29) is 68.8 Å². The topological polar surface area (TPSA) is 184 Å². The third kappa shape index (κ3) is 9.98. The highest BCUT2D eigenvalue weighted by molar-refractivity contribution is 7.32. The van der Waals surface area contributed by atoms with Crippen LogP contribution in [-0.2, 0) is 27.6 Å². The fourth-order valence-electron chi connectivity index (χ4n) is 6.50. The van der Waals surface area contributed by atoms with Crippen molar-refractivity contribution in [2.75, 3.05) is 19.6 Å². The maximum atomic E-state index is 13.7. The lowest BCUT2D eigenvalue weighted by Crippen LogP contribution is -2.65. The van der Waals surface area contributed by atoms with E-state index in [4.69, 9.17) is 18.0 Å². The Morgan fingerprint density at radius 2 is 1.64 bits per heavy atom. The maximum Gasteiger partial charge on any atom is 0.440 e. The molecule has 23 heteroatoms. The van der Waals surface area contributed by atoms with Crippen LogP contribution in [0.2, 0.25) is 18.1 Å². The molecule has 260 valence electrons. The van der Waals surface area contributed by atoms with Crippen molar-refractivity contribution in [3.8, 4) is 0 Å². The summed E-state index contributed by atoms with van der Waals surface area (Å²) < 4.78 is 22.2. The van der Waals surface area contributed by atoms with Gasteiger partial charge in [0.05, 0.1) is 18.1 Å². The van der Waals surface area contributed by atoms with E-state index in [1.165, 1.54) is 0 Å². The standard InChI is InChI=1S/C24H48B3N8O8P3Si/c1-6-47(7-2,8-3)43-14(5)17-18-13(4)16(19(35(18)20(17)36)21(37)40-44-31-25)12-34-10-9-15(11-34)28-22(29-23(38)41-45-32-26)30-24(39)42-46-33-27/h13-15,17-18,31-33,44-46H,6-12,25-27H2,1-5H3,(H2,28,29,30,38,39)/t13-,14+,15-,17?,18+/m0/s1. The second-order valence-electron chi connectivity index (χ2n) is 11.6. The van der Waals surface area contributed by atoms with E-state index in [1.807, 2.05) is 6.92 Å². The van der Waals surface area contributed by atoms with Crippen molar-refractivity contribution < 1.29 is 37.2 Å². The minimum absolute atomic E-state index is 0.0819. The van der Waals surface area contributed by atoms with Crippen LogP contribution in [0, 0.1) is 11.8 Å². The van der Waals surface area contributed by atoms with E-state index in [1.54, 1.807) is 28.8 Å². The summed E-state index contributed by atoms with van der Waals surface area (Å²) in [6.07, 6.45) is -1.24. The number of nitrogens with one attached hydrogen (secondary N) is 5. The Morgan fingerprint density at radius 1 is 1.02 bits per heavy atom. The number of hydrogen-bond acceptors (Lipinski definition) is 12. The van der Waals surface area contributed by atoms with Crippen LogP contribution in [0.5, 0.6) is 0 Å². The molecular formula is C24H48B3N8O8P3Si. The van der Waals surface area contributed by atoms with Crippen LogP contribution < -0.4 is 25.6 Å². The summed E-state index contributed by atoms with van der Waals surface area (Å²) >= 11 is 0. The number of amides is 3. The number of hydrogen-bond donors (Lipinski definition) is 5. The van der Waals surface area contributed by atoms with Crippen molar-refractivity contribution in [2.45, 2.75) is 77.4 Å². The van der Waals surface area contributed by atoms with Crippen LogP contribution >= 0.6 is 26.9 Å². The maximum absolute atomic E-state index is 13.7. The molecule has 2 fully saturated rings. The number of nitrogens with zero attached hydrogens (tertiary/aromatic N) is 3. The summed E-state index contributed by atoms with van der Waals surface area (Å²) in [5, 5.41) is 5.60. The molecule has 0 saturated carbocycles. The molecule has 3 heterocycles. The van der Waals surface area contributed by atoms with Crippen LogP contribution in [0.4, 0.5) is 9.59 Å². The van der Waals surface area contributed by atoms with Crippen LogP contribution in [0.3, 0.4) is 0 Å². The highest BCUT2D eigenvalue weighted by Crippen LogP contribution is 2.49. The number of carbonyl (C=O) groups is 4. The largest absolute Gasteiger partial charge is 0.440 e. The second kappa shape index (κ2) is 19.0. The average molecular weight is 730 g/mol. The monoisotopic (exact) mass is 730 g/mol. The SMILES string of the molecule is BNPOC(=O)/N=C(/NC(=O)OPNB)N[C@H]1CCN(CC2=C(C(=O)OPNB)N3C(=O)C([C@@H](C)O[Si](CC)(CC)CC)[C@H]3[C@H]2C)C1. The van der Waals surface area contributed by atoms with Gasteiger partial charge in [-0.05, 0) is 37.0 Å². The molecule has 8 atom stereocenters. The molecule has 0 aromatic heterocycles. The lowest BCUT2D eigenvalue weighted by atomic mass is 9.77. The normalized spacial score (nSPS) is 24.4. The second-order valence-corrected chi connectivity index (χ2v) is 19.1. The first-order valence-corrected chi connectivity index (χ1v) is 21.2. The Kier molecular flexibility index (Phi) is 16.1. The van der Waals surface area contributed by atoms with Crippen molar-refractivity contribution in [1.82, 2.24) is 35.4 Å². The van der Waals surface area contributed by atoms with Gasteiger partial charge in [-0.1, -0.05) is 27.7 Å². The van der Waals surface area contributed by atoms with Crippen LogP contribution in [0.25, 0.3) is 0 Å². The van der Waals surface area contributed by atoms with Crippen molar-refractivity contribution in [3.05, 3.63) is 11.3 Å². The number of rotatable bonds is 16. The van der Waals surface area contributed by atoms with Gasteiger partial charge in [-0.15, -0.1) is 4.99 Å². The highest BCUT2D eigenvalue weighted by Gasteiger charge is 2.61. The molecule has 0 bridgehead atoms. The smallest absolute Gasteiger partial charge is 0.428 e. The van der Waals surface area contributed by atoms with E-state index in [0.717, 1.165) is 23.7 Å². The van der Waals surface area contributed by atoms with Gasteiger partial charge >= 0.3 is 18.2 Å². The summed E-state index contributed by atoms with van der Waals surface area (Å²) in [4.78, 5) is 67.5. The number of guanidine groups is 1. The van der Waals surface area contributed by atoms with Crippen LogP contribution in [-0.4, -0.2) is 110 Å². The van der Waals surface area contributed by atoms with E-state index < -0.39 is 26.5 Å². The Labute approximate surface area is 286 Å². The molecule has 3 amide bonds. The molecule has 0 aromatic rings. The Morgan fingerprint density at radius 3 is 2.26 bits per heavy atom. The highest BCUT2D eigenvalue weighted by atomic mass is 31.1. The van der Waals surface area contributed by atoms with Crippen molar-refractivity contribution in [3.63, 3.8) is 0 Å². The Balaban J connectivity index is 1.77. The minimum Gasteiger partial charge on any atom is -0.428 e. The lowest BCUT2D eigenvalue weighted by Gasteiger charge is -2.49. The molecule has 2 saturated heterocycles. The van der Waals surface area contributed by atoms with Crippen molar-refractivity contribution >= 4 is 89.2 Å². The average Bonchev–Trinajstić information content (AvgIpc) is 3.59. The fraction of sp³-hybridized carbons (Fsp3) is 0.708. The summed E-state index contributed by atoms with van der Waals surface area (Å²) in [7, 11) is 2.20. The molecule has 3 aliphatic heterocycles. The van der Waals surface area contributed by atoms with Gasteiger partial charge in [0.15, 0.2) is 32.3 Å². The zero-order valence-corrected chi connectivity index (χ0v) is 32.4. The number of likely N-dealkylation sites (tertiary alicyclic amines) is 1. The molecule has 3 aliphatic rings. The summed E-state index contributed by atoms with van der Waals surface area (Å²) in [6, 6.07) is 2.60. The molecule has 4 unspecified atom stereocenters. The van der Waals surface area contributed by atoms with Gasteiger partial charge in [0.2, 0.25) is 11.9 Å². The molecule has 0 radical (unpaired) electrons. The summed E-state index contributed by atoms with van der Waals surface area (Å²) in [5.41, 5.74) is 1.18. The van der Waals surface area contributed by atoms with E-state index in [2.05, 4.69) is 63.2 Å². The van der Waals surface area contributed by atoms with Crippen LogP contribution in [0.1, 0.15) is 41.0 Å². The van der Waals surface area contributed by atoms with Gasteiger partial charge in [-0.25, -0.2) is 14.4 Å². The molecule has 0 spiro atoms. The predicted octanol–water partition coefficient (Wildman–Crippen LogP) is -0.508. The quantitative estimate of drug-likeness (QED) is 0.0342. The summed E-state index contributed by atoms with van der Waals surface area (Å²) in [6.45, 7) is 12.2. The number of fused-ring (bicyclic) bond motifs is 1.